The average molecular weight is 290 g/mol. The monoisotopic (exact) mass is 289 g/mol. The van der Waals surface area contributed by atoms with E-state index in [4.69, 9.17) is 17.3 Å². The first kappa shape index (κ1) is 15.0. The molecule has 0 aliphatic heterocycles. The molecule has 2 rings (SSSR count). The molecule has 3 heteroatoms. The zero-order chi connectivity index (χ0) is 14.6. The molecule has 0 aliphatic carbocycles. The summed E-state index contributed by atoms with van der Waals surface area (Å²) >= 11 is 6.03. The molecule has 0 aromatic heterocycles. The number of aliphatic hydroxyl groups is 1. The highest BCUT2D eigenvalue weighted by Crippen LogP contribution is 2.28. The molecule has 0 amide bonds. The maximum Gasteiger partial charge on any atom is 0.0543 e. The second-order valence-electron chi connectivity index (χ2n) is 5.32. The molecule has 0 spiro atoms. The number of hydrogen-bond donors (Lipinski definition) is 2. The normalized spacial score (nSPS) is 14.0. The van der Waals surface area contributed by atoms with Crippen molar-refractivity contribution in [3.05, 3.63) is 70.2 Å². The van der Waals surface area contributed by atoms with Crippen molar-refractivity contribution in [1.82, 2.24) is 0 Å². The predicted octanol–water partition coefficient (Wildman–Crippen LogP) is 3.08. The van der Waals surface area contributed by atoms with Gasteiger partial charge in [0.1, 0.15) is 0 Å². The summed E-state index contributed by atoms with van der Waals surface area (Å²) in [4.78, 5) is 0. The Labute approximate surface area is 125 Å². The van der Waals surface area contributed by atoms with Gasteiger partial charge in [-0.3, -0.25) is 0 Å². The van der Waals surface area contributed by atoms with Gasteiger partial charge in [-0.25, -0.2) is 0 Å². The standard InChI is InChI=1S/C17H20ClNO/c1-13-5-7-15(8-6-13)17(11-19,12-20)10-14-3-2-4-16(18)9-14/h2-9,20H,10-12,19H2,1H3. The van der Waals surface area contributed by atoms with Crippen LogP contribution < -0.4 is 5.73 Å². The molecule has 1 unspecified atom stereocenters. The Balaban J connectivity index is 2.36. The van der Waals surface area contributed by atoms with E-state index in [0.29, 0.717) is 18.0 Å². The highest BCUT2D eigenvalue weighted by molar-refractivity contribution is 6.30. The molecular formula is C17H20ClNO. The second-order valence-corrected chi connectivity index (χ2v) is 5.75. The van der Waals surface area contributed by atoms with Crippen molar-refractivity contribution in [2.24, 2.45) is 5.73 Å². The van der Waals surface area contributed by atoms with E-state index in [1.54, 1.807) is 0 Å². The average Bonchev–Trinajstić information content (AvgIpc) is 2.46. The largest absolute Gasteiger partial charge is 0.395 e. The summed E-state index contributed by atoms with van der Waals surface area (Å²) in [5.74, 6) is 0. The van der Waals surface area contributed by atoms with E-state index >= 15 is 0 Å². The molecule has 2 aromatic carbocycles. The number of nitrogens with two attached hydrogens (primary N) is 1. The van der Waals surface area contributed by atoms with Crippen LogP contribution in [0, 0.1) is 6.92 Å². The van der Waals surface area contributed by atoms with Gasteiger partial charge in [-0.15, -0.1) is 0 Å². The van der Waals surface area contributed by atoms with Gasteiger partial charge in [-0.2, -0.15) is 0 Å². The van der Waals surface area contributed by atoms with Crippen molar-refractivity contribution in [2.75, 3.05) is 13.2 Å². The van der Waals surface area contributed by atoms with Crippen molar-refractivity contribution >= 4 is 11.6 Å². The lowest BCUT2D eigenvalue weighted by Gasteiger charge is -2.31. The minimum absolute atomic E-state index is 0.0130. The third kappa shape index (κ3) is 3.21. The van der Waals surface area contributed by atoms with Gasteiger partial charge in [0.05, 0.1) is 6.61 Å². The summed E-state index contributed by atoms with van der Waals surface area (Å²) in [6.45, 7) is 2.45. The Morgan fingerprint density at radius 1 is 1.15 bits per heavy atom. The minimum atomic E-state index is -0.460. The van der Waals surface area contributed by atoms with E-state index in [9.17, 15) is 5.11 Å². The Hall–Kier alpha value is -1.35. The van der Waals surface area contributed by atoms with Crippen LogP contribution in [0.15, 0.2) is 48.5 Å². The predicted molar refractivity (Wildman–Crippen MR) is 84.2 cm³/mol. The molecule has 3 N–H and O–H groups in total. The minimum Gasteiger partial charge on any atom is -0.395 e. The van der Waals surface area contributed by atoms with Crippen LogP contribution in [0.3, 0.4) is 0 Å². The summed E-state index contributed by atoms with van der Waals surface area (Å²) in [5.41, 5.74) is 8.86. The van der Waals surface area contributed by atoms with E-state index in [1.165, 1.54) is 5.56 Å². The Bertz CT molecular complexity index is 561. The van der Waals surface area contributed by atoms with Gasteiger partial charge in [0.2, 0.25) is 0 Å². The van der Waals surface area contributed by atoms with Gasteiger partial charge in [0, 0.05) is 17.0 Å². The fourth-order valence-corrected chi connectivity index (χ4v) is 2.66. The SMILES string of the molecule is Cc1ccc(C(CN)(CO)Cc2cccc(Cl)c2)cc1. The van der Waals surface area contributed by atoms with Crippen molar-refractivity contribution in [3.8, 4) is 0 Å². The number of aryl methyl sites for hydroxylation is 1. The molecule has 20 heavy (non-hydrogen) atoms. The Morgan fingerprint density at radius 3 is 2.40 bits per heavy atom. The van der Waals surface area contributed by atoms with Gasteiger partial charge in [-0.05, 0) is 36.6 Å². The molecule has 1 atom stereocenters. The molecular weight excluding hydrogens is 270 g/mol. The van der Waals surface area contributed by atoms with Gasteiger partial charge in [-0.1, -0.05) is 53.6 Å². The molecule has 0 saturated carbocycles. The van der Waals surface area contributed by atoms with Crippen LogP contribution in [0.4, 0.5) is 0 Å². The number of aliphatic hydroxyl groups excluding tert-OH is 1. The van der Waals surface area contributed by atoms with Gasteiger partial charge < -0.3 is 10.8 Å². The Kier molecular flexibility index (Phi) is 4.81. The first-order valence-electron chi connectivity index (χ1n) is 6.72. The summed E-state index contributed by atoms with van der Waals surface area (Å²) in [6, 6.07) is 15.9. The van der Waals surface area contributed by atoms with E-state index in [-0.39, 0.29) is 6.61 Å². The van der Waals surface area contributed by atoms with Crippen LogP contribution in [-0.2, 0) is 11.8 Å². The van der Waals surface area contributed by atoms with Gasteiger partial charge in [0.15, 0.2) is 0 Å². The van der Waals surface area contributed by atoms with Crippen molar-refractivity contribution in [3.63, 3.8) is 0 Å². The fraction of sp³-hybridized carbons (Fsp3) is 0.294. The number of halogens is 1. The third-order valence-electron chi connectivity index (χ3n) is 3.79. The maximum absolute atomic E-state index is 9.92. The van der Waals surface area contributed by atoms with E-state index < -0.39 is 5.41 Å². The summed E-state index contributed by atoms with van der Waals surface area (Å²) in [7, 11) is 0. The van der Waals surface area contributed by atoms with E-state index in [2.05, 4.69) is 0 Å². The molecule has 106 valence electrons. The second kappa shape index (κ2) is 6.40. The Morgan fingerprint density at radius 2 is 1.85 bits per heavy atom. The molecule has 0 heterocycles. The lowest BCUT2D eigenvalue weighted by molar-refractivity contribution is 0.196. The van der Waals surface area contributed by atoms with Crippen LogP contribution in [0.5, 0.6) is 0 Å². The number of rotatable bonds is 5. The van der Waals surface area contributed by atoms with Gasteiger partial charge >= 0.3 is 0 Å². The highest BCUT2D eigenvalue weighted by atomic mass is 35.5. The number of benzene rings is 2. The lowest BCUT2D eigenvalue weighted by Crippen LogP contribution is -2.41. The fourth-order valence-electron chi connectivity index (χ4n) is 2.45. The molecule has 0 aliphatic rings. The third-order valence-corrected chi connectivity index (χ3v) is 4.02. The van der Waals surface area contributed by atoms with Crippen LogP contribution >= 0.6 is 11.6 Å². The summed E-state index contributed by atoms with van der Waals surface area (Å²) in [6.07, 6.45) is 0.670. The van der Waals surface area contributed by atoms with Crippen molar-refractivity contribution in [1.29, 1.82) is 0 Å². The zero-order valence-electron chi connectivity index (χ0n) is 11.6. The first-order valence-corrected chi connectivity index (χ1v) is 7.10. The van der Waals surface area contributed by atoms with Crippen LogP contribution in [0.2, 0.25) is 5.02 Å². The smallest absolute Gasteiger partial charge is 0.0543 e. The van der Waals surface area contributed by atoms with Crippen LogP contribution in [0.1, 0.15) is 16.7 Å². The topological polar surface area (TPSA) is 46.2 Å². The molecule has 2 aromatic rings. The van der Waals surface area contributed by atoms with Crippen LogP contribution in [-0.4, -0.2) is 18.3 Å². The summed E-state index contributed by atoms with van der Waals surface area (Å²) in [5, 5.41) is 10.6. The lowest BCUT2D eigenvalue weighted by atomic mass is 9.76. The van der Waals surface area contributed by atoms with Crippen molar-refractivity contribution < 1.29 is 5.11 Å². The maximum atomic E-state index is 9.92. The van der Waals surface area contributed by atoms with E-state index in [1.807, 2.05) is 55.5 Å². The number of hydrogen-bond acceptors (Lipinski definition) is 2. The quantitative estimate of drug-likeness (QED) is 0.888. The molecule has 0 fully saturated rings. The molecule has 0 saturated heterocycles. The van der Waals surface area contributed by atoms with Gasteiger partial charge in [0.25, 0.3) is 0 Å². The zero-order valence-corrected chi connectivity index (χ0v) is 12.4. The molecule has 0 radical (unpaired) electrons. The van der Waals surface area contributed by atoms with Crippen molar-refractivity contribution in [2.45, 2.75) is 18.8 Å². The molecule has 2 nitrogen and oxygen atoms in total. The summed E-state index contributed by atoms with van der Waals surface area (Å²) < 4.78 is 0. The highest BCUT2D eigenvalue weighted by Gasteiger charge is 2.30. The first-order chi connectivity index (χ1) is 9.59. The molecule has 0 bridgehead atoms. The van der Waals surface area contributed by atoms with E-state index in [0.717, 1.165) is 11.1 Å². The van der Waals surface area contributed by atoms with Crippen LogP contribution in [0.25, 0.3) is 0 Å².